The fraction of sp³-hybridized carbons (Fsp3) is 0.462. The van der Waals surface area contributed by atoms with Crippen molar-refractivity contribution in [3.05, 3.63) is 39.4 Å². The van der Waals surface area contributed by atoms with Crippen LogP contribution < -0.4 is 0 Å². The lowest BCUT2D eigenvalue weighted by Gasteiger charge is -2.22. The Labute approximate surface area is 110 Å². The smallest absolute Gasteiger partial charge is 0.269 e. The first kappa shape index (κ1) is 13.5. The minimum atomic E-state index is -0.479. The van der Waals surface area contributed by atoms with Crippen LogP contribution in [0.25, 0.3) is 0 Å². The molecule has 0 saturated heterocycles. The molecule has 1 N–H and O–H groups in total. The predicted molar refractivity (Wildman–Crippen MR) is 69.0 cm³/mol. The summed E-state index contributed by atoms with van der Waals surface area (Å²) in [6, 6.07) is 4.43. The summed E-state index contributed by atoms with van der Waals surface area (Å²) in [5.41, 5.74) is 1.03. The third-order valence-corrected chi connectivity index (χ3v) is 3.24. The second kappa shape index (κ2) is 5.36. The van der Waals surface area contributed by atoms with Crippen LogP contribution in [0.4, 0.5) is 5.69 Å². The Balaban J connectivity index is 2.24. The first-order valence-electron chi connectivity index (χ1n) is 6.21. The summed E-state index contributed by atoms with van der Waals surface area (Å²) in [7, 11) is 0. The van der Waals surface area contributed by atoms with Crippen molar-refractivity contribution in [1.29, 1.82) is 0 Å². The molecule has 1 fully saturated rings. The third-order valence-electron chi connectivity index (χ3n) is 3.24. The molecule has 0 spiro atoms. The molecule has 6 heteroatoms. The van der Waals surface area contributed by atoms with Crippen molar-refractivity contribution in [2.45, 2.75) is 25.8 Å². The van der Waals surface area contributed by atoms with Gasteiger partial charge >= 0.3 is 0 Å². The zero-order chi connectivity index (χ0) is 14.0. The molecule has 102 valence electrons. The summed E-state index contributed by atoms with van der Waals surface area (Å²) in [5.74, 6) is -0.163. The maximum absolute atomic E-state index is 12.4. The molecule has 1 aliphatic carbocycles. The van der Waals surface area contributed by atoms with Crippen LogP contribution in [0.2, 0.25) is 0 Å². The van der Waals surface area contributed by atoms with Gasteiger partial charge in [0.25, 0.3) is 11.6 Å². The standard InChI is InChI=1S/C13H16N2O4/c1-9-8-11(15(18)19)4-5-12(9)13(17)14(6-7-16)10-2-3-10/h4-5,8,10,16H,2-3,6-7H2,1H3. The van der Waals surface area contributed by atoms with Crippen LogP contribution in [0.1, 0.15) is 28.8 Å². The summed E-state index contributed by atoms with van der Waals surface area (Å²) in [6.45, 7) is 1.92. The molecule has 1 aliphatic rings. The highest BCUT2D eigenvalue weighted by Crippen LogP contribution is 2.29. The number of rotatable bonds is 5. The van der Waals surface area contributed by atoms with Gasteiger partial charge in [-0.3, -0.25) is 14.9 Å². The highest BCUT2D eigenvalue weighted by atomic mass is 16.6. The van der Waals surface area contributed by atoms with Gasteiger partial charge in [-0.1, -0.05) is 0 Å². The van der Waals surface area contributed by atoms with E-state index < -0.39 is 4.92 Å². The zero-order valence-corrected chi connectivity index (χ0v) is 10.7. The van der Waals surface area contributed by atoms with Crippen molar-refractivity contribution < 1.29 is 14.8 Å². The van der Waals surface area contributed by atoms with Crippen molar-refractivity contribution in [3.63, 3.8) is 0 Å². The monoisotopic (exact) mass is 264 g/mol. The maximum Gasteiger partial charge on any atom is 0.269 e. The number of non-ortho nitro benzene ring substituents is 1. The van der Waals surface area contributed by atoms with Crippen LogP contribution in [0.5, 0.6) is 0 Å². The maximum atomic E-state index is 12.4. The van der Waals surface area contributed by atoms with Crippen LogP contribution in [0, 0.1) is 17.0 Å². The molecule has 2 rings (SSSR count). The number of carbonyl (C=O) groups excluding carboxylic acids is 1. The lowest BCUT2D eigenvalue weighted by atomic mass is 10.1. The normalized spacial score (nSPS) is 14.2. The predicted octanol–water partition coefficient (Wildman–Crippen LogP) is 1.50. The van der Waals surface area contributed by atoms with Gasteiger partial charge in [-0.25, -0.2) is 0 Å². The fourth-order valence-corrected chi connectivity index (χ4v) is 2.10. The zero-order valence-electron chi connectivity index (χ0n) is 10.7. The molecule has 1 aromatic rings. The van der Waals surface area contributed by atoms with Crippen LogP contribution in [0.15, 0.2) is 18.2 Å². The lowest BCUT2D eigenvalue weighted by Crippen LogP contribution is -2.35. The number of amides is 1. The first-order valence-corrected chi connectivity index (χ1v) is 6.21. The van der Waals surface area contributed by atoms with Crippen molar-refractivity contribution in [2.24, 2.45) is 0 Å². The molecular weight excluding hydrogens is 248 g/mol. The van der Waals surface area contributed by atoms with Crippen molar-refractivity contribution in [2.75, 3.05) is 13.2 Å². The van der Waals surface area contributed by atoms with E-state index in [-0.39, 0.29) is 24.2 Å². The molecule has 6 nitrogen and oxygen atoms in total. The van der Waals surface area contributed by atoms with Gasteiger partial charge in [0.15, 0.2) is 0 Å². The molecule has 1 aromatic carbocycles. The number of nitro benzene ring substituents is 1. The average Bonchev–Trinajstić information content (AvgIpc) is 3.19. The second-order valence-corrected chi connectivity index (χ2v) is 4.71. The highest BCUT2D eigenvalue weighted by Gasteiger charge is 2.33. The molecule has 0 aliphatic heterocycles. The Morgan fingerprint density at radius 3 is 2.68 bits per heavy atom. The van der Waals surface area contributed by atoms with E-state index in [0.29, 0.717) is 17.7 Å². The Morgan fingerprint density at radius 2 is 2.21 bits per heavy atom. The van der Waals surface area contributed by atoms with Gasteiger partial charge < -0.3 is 10.0 Å². The molecule has 1 saturated carbocycles. The van der Waals surface area contributed by atoms with Gasteiger partial charge in [-0.15, -0.1) is 0 Å². The van der Waals surface area contributed by atoms with Crippen LogP contribution in [-0.4, -0.2) is 40.0 Å². The summed E-state index contributed by atoms with van der Waals surface area (Å²) >= 11 is 0. The largest absolute Gasteiger partial charge is 0.395 e. The van der Waals surface area contributed by atoms with Gasteiger partial charge in [0.2, 0.25) is 0 Å². The van der Waals surface area contributed by atoms with E-state index in [4.69, 9.17) is 5.11 Å². The molecule has 0 atom stereocenters. The molecule has 19 heavy (non-hydrogen) atoms. The van der Waals surface area contributed by atoms with E-state index >= 15 is 0 Å². The summed E-state index contributed by atoms with van der Waals surface area (Å²) in [6.07, 6.45) is 1.91. The van der Waals surface area contributed by atoms with Gasteiger partial charge in [-0.2, -0.15) is 0 Å². The number of nitro groups is 1. The summed E-state index contributed by atoms with van der Waals surface area (Å²) in [4.78, 5) is 24.2. The average molecular weight is 264 g/mol. The number of aliphatic hydroxyl groups excluding tert-OH is 1. The number of carbonyl (C=O) groups is 1. The highest BCUT2D eigenvalue weighted by molar-refractivity contribution is 5.96. The molecule has 1 amide bonds. The van der Waals surface area contributed by atoms with Crippen LogP contribution >= 0.6 is 0 Å². The van der Waals surface area contributed by atoms with Crippen LogP contribution in [0.3, 0.4) is 0 Å². The van der Waals surface area contributed by atoms with Crippen molar-refractivity contribution >= 4 is 11.6 Å². The number of benzene rings is 1. The lowest BCUT2D eigenvalue weighted by molar-refractivity contribution is -0.384. The molecule has 0 unspecified atom stereocenters. The van der Waals surface area contributed by atoms with E-state index in [1.807, 2.05) is 0 Å². The number of aliphatic hydroxyl groups is 1. The van der Waals surface area contributed by atoms with Crippen LogP contribution in [-0.2, 0) is 0 Å². The quantitative estimate of drug-likeness (QED) is 0.645. The molecular formula is C13H16N2O4. The molecule has 0 heterocycles. The number of nitrogens with zero attached hydrogens (tertiary/aromatic N) is 2. The Kier molecular flexibility index (Phi) is 3.80. The number of hydrogen-bond donors (Lipinski definition) is 1. The Bertz CT molecular complexity index is 511. The van der Waals surface area contributed by atoms with Gasteiger partial charge in [0, 0.05) is 30.3 Å². The minimum absolute atomic E-state index is 0.0193. The molecule has 0 radical (unpaired) electrons. The van der Waals surface area contributed by atoms with E-state index in [9.17, 15) is 14.9 Å². The molecule has 0 aromatic heterocycles. The topological polar surface area (TPSA) is 83.7 Å². The molecule has 0 bridgehead atoms. The first-order chi connectivity index (χ1) is 9.04. The van der Waals surface area contributed by atoms with E-state index in [0.717, 1.165) is 12.8 Å². The minimum Gasteiger partial charge on any atom is -0.395 e. The van der Waals surface area contributed by atoms with Gasteiger partial charge in [0.1, 0.15) is 0 Å². The van der Waals surface area contributed by atoms with Gasteiger partial charge in [-0.05, 0) is 31.4 Å². The Morgan fingerprint density at radius 1 is 1.53 bits per heavy atom. The third kappa shape index (κ3) is 2.90. The number of aryl methyl sites for hydroxylation is 1. The second-order valence-electron chi connectivity index (χ2n) is 4.71. The Hall–Kier alpha value is -1.95. The van der Waals surface area contributed by atoms with Gasteiger partial charge in [0.05, 0.1) is 11.5 Å². The SMILES string of the molecule is Cc1cc([N+](=O)[O-])ccc1C(=O)N(CCO)C1CC1. The summed E-state index contributed by atoms with van der Waals surface area (Å²) < 4.78 is 0. The van der Waals surface area contributed by atoms with Crippen molar-refractivity contribution in [3.8, 4) is 0 Å². The van der Waals surface area contributed by atoms with Crippen molar-refractivity contribution in [1.82, 2.24) is 4.90 Å². The van der Waals surface area contributed by atoms with E-state index in [1.54, 1.807) is 11.8 Å². The van der Waals surface area contributed by atoms with E-state index in [1.165, 1.54) is 18.2 Å². The number of hydrogen-bond acceptors (Lipinski definition) is 4. The summed E-state index contributed by atoms with van der Waals surface area (Å²) in [5, 5.41) is 19.7. The fourth-order valence-electron chi connectivity index (χ4n) is 2.10. The van der Waals surface area contributed by atoms with E-state index in [2.05, 4.69) is 0 Å².